The molecule has 2 rings (SSSR count). The standard InChI is InChI=1S/C15H16ClFN2O2/c1-8(2)14-12(16)13(15(20)21-4)18-19(14)11-6-5-10(17)7-9(11)3/h5-8H,1-4H3. The van der Waals surface area contributed by atoms with E-state index in [9.17, 15) is 9.18 Å². The number of hydrogen-bond donors (Lipinski definition) is 0. The highest BCUT2D eigenvalue weighted by Gasteiger charge is 2.25. The van der Waals surface area contributed by atoms with Gasteiger partial charge in [-0.05, 0) is 36.6 Å². The summed E-state index contributed by atoms with van der Waals surface area (Å²) in [6, 6.07) is 4.37. The lowest BCUT2D eigenvalue weighted by Gasteiger charge is -2.12. The Labute approximate surface area is 127 Å². The highest BCUT2D eigenvalue weighted by Crippen LogP contribution is 2.31. The molecule has 0 saturated carbocycles. The molecule has 112 valence electrons. The molecule has 21 heavy (non-hydrogen) atoms. The third-order valence-corrected chi connectivity index (χ3v) is 3.55. The van der Waals surface area contributed by atoms with E-state index in [4.69, 9.17) is 16.3 Å². The molecule has 4 nitrogen and oxygen atoms in total. The van der Waals surface area contributed by atoms with Gasteiger partial charge in [-0.1, -0.05) is 25.4 Å². The zero-order valence-electron chi connectivity index (χ0n) is 12.3. The first kappa shape index (κ1) is 15.5. The van der Waals surface area contributed by atoms with Crippen molar-refractivity contribution in [2.24, 2.45) is 0 Å². The fourth-order valence-corrected chi connectivity index (χ4v) is 2.59. The first-order valence-electron chi connectivity index (χ1n) is 6.50. The minimum absolute atomic E-state index is 0.0351. The van der Waals surface area contributed by atoms with Gasteiger partial charge in [-0.3, -0.25) is 0 Å². The third-order valence-electron chi connectivity index (χ3n) is 3.17. The van der Waals surface area contributed by atoms with Crippen molar-refractivity contribution >= 4 is 17.6 Å². The van der Waals surface area contributed by atoms with Crippen molar-refractivity contribution in [3.05, 3.63) is 46.0 Å². The number of aromatic nitrogens is 2. The van der Waals surface area contributed by atoms with Crippen molar-refractivity contribution in [2.75, 3.05) is 7.11 Å². The molecule has 0 atom stereocenters. The highest BCUT2D eigenvalue weighted by molar-refractivity contribution is 6.34. The zero-order chi connectivity index (χ0) is 15.7. The summed E-state index contributed by atoms with van der Waals surface area (Å²) >= 11 is 6.27. The molecule has 0 amide bonds. The van der Waals surface area contributed by atoms with Crippen LogP contribution < -0.4 is 0 Å². The van der Waals surface area contributed by atoms with Crippen molar-refractivity contribution in [3.63, 3.8) is 0 Å². The molecule has 0 aliphatic heterocycles. The smallest absolute Gasteiger partial charge is 0.360 e. The number of carbonyl (C=O) groups is 1. The minimum atomic E-state index is -0.597. The Balaban J connectivity index is 2.70. The summed E-state index contributed by atoms with van der Waals surface area (Å²) in [5.74, 6) is -0.887. The second kappa shape index (κ2) is 5.85. The monoisotopic (exact) mass is 310 g/mol. The maximum Gasteiger partial charge on any atom is 0.360 e. The van der Waals surface area contributed by atoms with Crippen molar-refractivity contribution in [2.45, 2.75) is 26.7 Å². The summed E-state index contributed by atoms with van der Waals surface area (Å²) in [7, 11) is 1.27. The fraction of sp³-hybridized carbons (Fsp3) is 0.333. The summed E-state index contributed by atoms with van der Waals surface area (Å²) in [5, 5.41) is 4.51. The van der Waals surface area contributed by atoms with Crippen LogP contribution in [-0.2, 0) is 4.74 Å². The maximum atomic E-state index is 13.3. The third kappa shape index (κ3) is 2.78. The van der Waals surface area contributed by atoms with Crippen molar-refractivity contribution in [1.29, 1.82) is 0 Å². The molecule has 0 aliphatic rings. The van der Waals surface area contributed by atoms with Crippen molar-refractivity contribution in [1.82, 2.24) is 9.78 Å². The quantitative estimate of drug-likeness (QED) is 0.808. The lowest BCUT2D eigenvalue weighted by atomic mass is 10.1. The largest absolute Gasteiger partial charge is 0.464 e. The van der Waals surface area contributed by atoms with E-state index in [0.29, 0.717) is 16.9 Å². The van der Waals surface area contributed by atoms with Gasteiger partial charge in [0.25, 0.3) is 0 Å². The molecule has 1 heterocycles. The Morgan fingerprint density at radius 2 is 2.10 bits per heavy atom. The second-order valence-electron chi connectivity index (χ2n) is 5.04. The van der Waals surface area contributed by atoms with E-state index < -0.39 is 5.97 Å². The van der Waals surface area contributed by atoms with Gasteiger partial charge in [0.15, 0.2) is 5.69 Å². The molecule has 0 spiro atoms. The highest BCUT2D eigenvalue weighted by atomic mass is 35.5. The van der Waals surface area contributed by atoms with Crippen LogP contribution in [0.3, 0.4) is 0 Å². The van der Waals surface area contributed by atoms with Crippen LogP contribution in [0.4, 0.5) is 4.39 Å². The van der Waals surface area contributed by atoms with Gasteiger partial charge in [-0.2, -0.15) is 5.10 Å². The first-order valence-corrected chi connectivity index (χ1v) is 6.87. The average Bonchev–Trinajstić information content (AvgIpc) is 2.75. The summed E-state index contributed by atoms with van der Waals surface area (Å²) in [6.07, 6.45) is 0. The van der Waals surface area contributed by atoms with Crippen LogP contribution in [0.15, 0.2) is 18.2 Å². The van der Waals surface area contributed by atoms with E-state index in [2.05, 4.69) is 5.10 Å². The number of methoxy groups -OCH3 is 1. The number of carbonyl (C=O) groups excluding carboxylic acids is 1. The van der Waals surface area contributed by atoms with Gasteiger partial charge in [-0.15, -0.1) is 0 Å². The van der Waals surface area contributed by atoms with Crippen LogP contribution in [0.25, 0.3) is 5.69 Å². The van der Waals surface area contributed by atoms with Gasteiger partial charge < -0.3 is 4.74 Å². The minimum Gasteiger partial charge on any atom is -0.464 e. The van der Waals surface area contributed by atoms with Crippen molar-refractivity contribution < 1.29 is 13.9 Å². The Morgan fingerprint density at radius 1 is 1.43 bits per heavy atom. The SMILES string of the molecule is COC(=O)c1nn(-c2ccc(F)cc2C)c(C(C)C)c1Cl. The van der Waals surface area contributed by atoms with E-state index >= 15 is 0 Å². The van der Waals surface area contributed by atoms with Crippen LogP contribution in [-0.4, -0.2) is 22.9 Å². The van der Waals surface area contributed by atoms with E-state index in [1.54, 1.807) is 17.7 Å². The van der Waals surface area contributed by atoms with E-state index in [0.717, 1.165) is 0 Å². The molecule has 1 aromatic heterocycles. The molecule has 0 bridgehead atoms. The number of benzene rings is 1. The lowest BCUT2D eigenvalue weighted by Crippen LogP contribution is -2.07. The second-order valence-corrected chi connectivity index (χ2v) is 5.41. The van der Waals surface area contributed by atoms with Crippen LogP contribution in [0.5, 0.6) is 0 Å². The number of halogens is 2. The number of hydrogen-bond acceptors (Lipinski definition) is 3. The molecule has 6 heteroatoms. The van der Waals surface area contributed by atoms with Gasteiger partial charge >= 0.3 is 5.97 Å². The molecule has 0 saturated heterocycles. The van der Waals surface area contributed by atoms with Gasteiger partial charge in [0.2, 0.25) is 0 Å². The molecule has 0 N–H and O–H groups in total. The number of esters is 1. The number of aryl methyl sites for hydroxylation is 1. The van der Waals surface area contributed by atoms with Crippen LogP contribution in [0.2, 0.25) is 5.02 Å². The lowest BCUT2D eigenvalue weighted by molar-refractivity contribution is 0.0593. The van der Waals surface area contributed by atoms with Crippen LogP contribution >= 0.6 is 11.6 Å². The zero-order valence-corrected chi connectivity index (χ0v) is 13.0. The summed E-state index contributed by atoms with van der Waals surface area (Å²) in [6.45, 7) is 5.66. The first-order chi connectivity index (χ1) is 9.86. The summed E-state index contributed by atoms with van der Waals surface area (Å²) in [4.78, 5) is 11.8. The average molecular weight is 311 g/mol. The molecular weight excluding hydrogens is 295 g/mol. The Morgan fingerprint density at radius 3 is 2.62 bits per heavy atom. The number of rotatable bonds is 3. The Hall–Kier alpha value is -1.88. The molecule has 2 aromatic rings. The van der Waals surface area contributed by atoms with Crippen molar-refractivity contribution in [3.8, 4) is 5.69 Å². The molecular formula is C15H16ClFN2O2. The normalized spacial score (nSPS) is 11.0. The van der Waals surface area contributed by atoms with Gasteiger partial charge in [0.05, 0.1) is 23.5 Å². The maximum absolute atomic E-state index is 13.3. The fourth-order valence-electron chi connectivity index (χ4n) is 2.18. The predicted molar refractivity (Wildman–Crippen MR) is 78.7 cm³/mol. The Kier molecular flexibility index (Phi) is 4.32. The van der Waals surface area contributed by atoms with Gasteiger partial charge in [0, 0.05) is 0 Å². The number of nitrogens with zero attached hydrogens (tertiary/aromatic N) is 2. The van der Waals surface area contributed by atoms with Gasteiger partial charge in [0.1, 0.15) is 5.82 Å². The van der Waals surface area contributed by atoms with Crippen LogP contribution in [0.1, 0.15) is 41.5 Å². The summed E-state index contributed by atoms with van der Waals surface area (Å²) < 4.78 is 19.5. The predicted octanol–water partition coefficient (Wildman–Crippen LogP) is 3.88. The molecule has 1 aromatic carbocycles. The topological polar surface area (TPSA) is 44.1 Å². The number of ether oxygens (including phenoxy) is 1. The van der Waals surface area contributed by atoms with E-state index in [1.165, 1.54) is 19.2 Å². The molecule has 0 fully saturated rings. The molecule has 0 aliphatic carbocycles. The molecule has 0 unspecified atom stereocenters. The van der Waals surface area contributed by atoms with Crippen LogP contribution in [0, 0.1) is 12.7 Å². The molecule has 0 radical (unpaired) electrons. The summed E-state index contributed by atoms with van der Waals surface area (Å²) in [5.41, 5.74) is 2.13. The van der Waals surface area contributed by atoms with E-state index in [1.807, 2.05) is 13.8 Å². The van der Waals surface area contributed by atoms with Gasteiger partial charge in [-0.25, -0.2) is 13.9 Å². The van der Waals surface area contributed by atoms with E-state index in [-0.39, 0.29) is 22.5 Å². The Bertz CT molecular complexity index is 695.